The van der Waals surface area contributed by atoms with Crippen LogP contribution in [0.3, 0.4) is 0 Å². The first-order chi connectivity index (χ1) is 7.34. The minimum atomic E-state index is 0.0141. The summed E-state index contributed by atoms with van der Waals surface area (Å²) in [6, 6.07) is 9.98. The molecule has 0 radical (unpaired) electrons. The zero-order valence-electron chi connectivity index (χ0n) is 8.06. The van der Waals surface area contributed by atoms with E-state index in [9.17, 15) is 4.79 Å². The zero-order chi connectivity index (χ0) is 10.5. The van der Waals surface area contributed by atoms with E-state index in [1.165, 1.54) is 11.8 Å². The minimum absolute atomic E-state index is 0.0141. The third kappa shape index (κ3) is 2.99. The van der Waals surface area contributed by atoms with Crippen LogP contribution in [-0.2, 0) is 11.3 Å². The molecule has 2 rings (SSSR count). The highest BCUT2D eigenvalue weighted by Gasteiger charge is 2.15. The third-order valence-electron chi connectivity index (χ3n) is 1.89. The van der Waals surface area contributed by atoms with Gasteiger partial charge in [0.2, 0.25) is 5.91 Å². The van der Waals surface area contributed by atoms with Crippen molar-refractivity contribution >= 4 is 22.8 Å². The Balaban J connectivity index is 1.82. The second kappa shape index (κ2) is 4.84. The van der Waals surface area contributed by atoms with E-state index in [-0.39, 0.29) is 5.91 Å². The summed E-state index contributed by atoms with van der Waals surface area (Å²) in [6.45, 7) is 0.667. The summed E-state index contributed by atoms with van der Waals surface area (Å²) < 4.78 is 0. The Bertz CT molecular complexity index is 378. The monoisotopic (exact) mass is 221 g/mol. The van der Waals surface area contributed by atoms with Crippen molar-refractivity contribution in [3.8, 4) is 0 Å². The highest BCUT2D eigenvalue weighted by atomic mass is 32.2. The topological polar surface area (TPSA) is 53.5 Å². The molecule has 1 saturated heterocycles. The number of nitrogens with one attached hydrogen (secondary N) is 2. The van der Waals surface area contributed by atoms with Crippen molar-refractivity contribution in [1.82, 2.24) is 10.7 Å². The average Bonchev–Trinajstić information content (AvgIpc) is 2.66. The fraction of sp³-hybridized carbons (Fsp3) is 0.200. The summed E-state index contributed by atoms with van der Waals surface area (Å²) >= 11 is 1.41. The first-order valence-corrected chi connectivity index (χ1v) is 5.60. The van der Waals surface area contributed by atoms with Crippen LogP contribution in [0.2, 0.25) is 0 Å². The number of rotatable bonds is 3. The molecule has 0 spiro atoms. The number of hydrogen-bond acceptors (Lipinski definition) is 4. The maximum absolute atomic E-state index is 10.8. The SMILES string of the molecule is O=C1CS/C(=N\NCc2ccccc2)N1. The van der Waals surface area contributed by atoms with Crippen LogP contribution in [0.4, 0.5) is 0 Å². The standard InChI is InChI=1S/C10H11N3OS/c14-9-7-15-10(12-9)13-11-6-8-4-2-1-3-5-8/h1-5,11H,6-7H2,(H,12,13,14). The van der Waals surface area contributed by atoms with Gasteiger partial charge in [-0.2, -0.15) is 5.10 Å². The lowest BCUT2D eigenvalue weighted by Gasteiger charge is -2.01. The predicted octanol–water partition coefficient (Wildman–Crippen LogP) is 0.910. The van der Waals surface area contributed by atoms with Gasteiger partial charge in [0.25, 0.3) is 0 Å². The van der Waals surface area contributed by atoms with Crippen molar-refractivity contribution in [2.75, 3.05) is 5.75 Å². The van der Waals surface area contributed by atoms with Crippen LogP contribution in [-0.4, -0.2) is 16.8 Å². The second-order valence-electron chi connectivity index (χ2n) is 3.07. The van der Waals surface area contributed by atoms with Crippen LogP contribution < -0.4 is 10.7 Å². The Morgan fingerprint density at radius 3 is 2.87 bits per heavy atom. The smallest absolute Gasteiger partial charge is 0.236 e. The van der Waals surface area contributed by atoms with E-state index >= 15 is 0 Å². The molecule has 1 aliphatic heterocycles. The Kier molecular flexibility index (Phi) is 3.24. The number of thioether (sulfide) groups is 1. The normalized spacial score (nSPS) is 17.9. The molecule has 1 heterocycles. The first kappa shape index (κ1) is 10.0. The number of hydrogen-bond donors (Lipinski definition) is 2. The number of hydrazone groups is 1. The highest BCUT2D eigenvalue weighted by Crippen LogP contribution is 2.07. The molecule has 0 aliphatic carbocycles. The first-order valence-electron chi connectivity index (χ1n) is 4.62. The van der Waals surface area contributed by atoms with E-state index in [4.69, 9.17) is 0 Å². The molecule has 0 aromatic heterocycles. The molecule has 15 heavy (non-hydrogen) atoms. The molecule has 1 fully saturated rings. The van der Waals surface area contributed by atoms with E-state index in [2.05, 4.69) is 15.8 Å². The maximum Gasteiger partial charge on any atom is 0.236 e. The zero-order valence-corrected chi connectivity index (χ0v) is 8.88. The van der Waals surface area contributed by atoms with Crippen molar-refractivity contribution in [3.05, 3.63) is 35.9 Å². The fourth-order valence-corrected chi connectivity index (χ4v) is 1.84. The average molecular weight is 221 g/mol. The van der Waals surface area contributed by atoms with E-state index in [0.29, 0.717) is 17.5 Å². The van der Waals surface area contributed by atoms with Crippen molar-refractivity contribution < 1.29 is 4.79 Å². The summed E-state index contributed by atoms with van der Waals surface area (Å²) in [7, 11) is 0. The lowest BCUT2D eigenvalue weighted by molar-refractivity contribution is -0.116. The van der Waals surface area contributed by atoms with E-state index in [1.54, 1.807) is 0 Å². The van der Waals surface area contributed by atoms with Gasteiger partial charge in [-0.15, -0.1) is 0 Å². The summed E-state index contributed by atoms with van der Waals surface area (Å²) in [4.78, 5) is 10.8. The van der Waals surface area contributed by atoms with Crippen molar-refractivity contribution in [1.29, 1.82) is 0 Å². The molecule has 5 heteroatoms. The van der Waals surface area contributed by atoms with Gasteiger partial charge in [-0.05, 0) is 5.56 Å². The number of carbonyl (C=O) groups excluding carboxylic acids is 1. The third-order valence-corrected chi connectivity index (χ3v) is 2.77. The Labute approximate surface area is 92.1 Å². The van der Waals surface area contributed by atoms with Crippen LogP contribution >= 0.6 is 11.8 Å². The van der Waals surface area contributed by atoms with Gasteiger partial charge in [0, 0.05) is 0 Å². The molecule has 2 N–H and O–H groups in total. The number of carbonyl (C=O) groups is 1. The molecule has 0 saturated carbocycles. The number of benzene rings is 1. The predicted molar refractivity (Wildman–Crippen MR) is 61.3 cm³/mol. The number of amides is 1. The molecule has 0 atom stereocenters. The highest BCUT2D eigenvalue weighted by molar-refractivity contribution is 8.15. The van der Waals surface area contributed by atoms with Gasteiger partial charge in [0.1, 0.15) is 0 Å². The van der Waals surface area contributed by atoms with E-state index in [1.807, 2.05) is 30.3 Å². The van der Waals surface area contributed by atoms with Gasteiger partial charge in [0.15, 0.2) is 5.17 Å². The molecule has 1 amide bonds. The molecule has 0 unspecified atom stereocenters. The number of amidine groups is 1. The van der Waals surface area contributed by atoms with Gasteiger partial charge < -0.3 is 10.7 Å². The van der Waals surface area contributed by atoms with Crippen LogP contribution in [0.15, 0.2) is 35.4 Å². The molecule has 78 valence electrons. The van der Waals surface area contributed by atoms with Crippen molar-refractivity contribution in [3.63, 3.8) is 0 Å². The fourth-order valence-electron chi connectivity index (χ4n) is 1.18. The Morgan fingerprint density at radius 2 is 2.20 bits per heavy atom. The summed E-state index contributed by atoms with van der Waals surface area (Å²) in [5.74, 6) is 0.478. The summed E-state index contributed by atoms with van der Waals surface area (Å²) in [6.07, 6.45) is 0. The lowest BCUT2D eigenvalue weighted by atomic mass is 10.2. The van der Waals surface area contributed by atoms with Gasteiger partial charge in [-0.25, -0.2) is 0 Å². The molecule has 1 aromatic carbocycles. The molecule has 4 nitrogen and oxygen atoms in total. The summed E-state index contributed by atoms with van der Waals surface area (Å²) in [5.41, 5.74) is 4.08. The van der Waals surface area contributed by atoms with Gasteiger partial charge in [-0.3, -0.25) is 4.79 Å². The number of nitrogens with zero attached hydrogens (tertiary/aromatic N) is 1. The quantitative estimate of drug-likeness (QED) is 0.746. The van der Waals surface area contributed by atoms with Crippen LogP contribution in [0, 0.1) is 0 Å². The van der Waals surface area contributed by atoms with E-state index < -0.39 is 0 Å². The Morgan fingerprint density at radius 1 is 1.40 bits per heavy atom. The lowest BCUT2D eigenvalue weighted by Crippen LogP contribution is -2.22. The van der Waals surface area contributed by atoms with Crippen LogP contribution in [0.1, 0.15) is 5.56 Å². The van der Waals surface area contributed by atoms with Crippen LogP contribution in [0.25, 0.3) is 0 Å². The minimum Gasteiger partial charge on any atom is -0.303 e. The van der Waals surface area contributed by atoms with Crippen molar-refractivity contribution in [2.45, 2.75) is 6.54 Å². The molecule has 1 aromatic rings. The second-order valence-corrected chi connectivity index (χ2v) is 4.04. The van der Waals surface area contributed by atoms with Gasteiger partial charge in [-0.1, -0.05) is 42.1 Å². The largest absolute Gasteiger partial charge is 0.303 e. The Hall–Kier alpha value is -1.49. The summed E-state index contributed by atoms with van der Waals surface area (Å²) in [5, 5.41) is 7.37. The molecular weight excluding hydrogens is 210 g/mol. The van der Waals surface area contributed by atoms with Crippen LogP contribution in [0.5, 0.6) is 0 Å². The van der Waals surface area contributed by atoms with Crippen molar-refractivity contribution in [2.24, 2.45) is 5.10 Å². The molecule has 0 bridgehead atoms. The van der Waals surface area contributed by atoms with E-state index in [0.717, 1.165) is 5.56 Å². The van der Waals surface area contributed by atoms with Gasteiger partial charge in [0.05, 0.1) is 12.3 Å². The maximum atomic E-state index is 10.8. The molecular formula is C10H11N3OS. The molecule has 1 aliphatic rings. The van der Waals surface area contributed by atoms with Gasteiger partial charge >= 0.3 is 0 Å².